The summed E-state index contributed by atoms with van der Waals surface area (Å²) in [5, 5.41) is 6.40. The van der Waals surface area contributed by atoms with Gasteiger partial charge >= 0.3 is 0 Å². The molecule has 4 nitrogen and oxygen atoms in total. The lowest BCUT2D eigenvalue weighted by atomic mass is 9.91. The highest BCUT2D eigenvalue weighted by Gasteiger charge is 2.27. The minimum Gasteiger partial charge on any atom is -0.385 e. The molecule has 3 atom stereocenters. The third kappa shape index (κ3) is 4.10. The number of hydrogen-bond donors (Lipinski definition) is 2. The molecule has 0 aromatic rings. The van der Waals surface area contributed by atoms with E-state index in [9.17, 15) is 4.79 Å². The molecule has 94 valence electrons. The predicted molar refractivity (Wildman–Crippen MR) is 64.3 cm³/mol. The van der Waals surface area contributed by atoms with Gasteiger partial charge in [0.05, 0.1) is 5.92 Å². The average molecular weight is 228 g/mol. The number of methoxy groups -OCH3 is 1. The first kappa shape index (κ1) is 13.5. The van der Waals surface area contributed by atoms with Gasteiger partial charge in [0.2, 0.25) is 5.91 Å². The van der Waals surface area contributed by atoms with E-state index in [-0.39, 0.29) is 17.9 Å². The molecule has 1 aliphatic rings. The minimum absolute atomic E-state index is 0.124. The fourth-order valence-electron chi connectivity index (χ4n) is 2.12. The summed E-state index contributed by atoms with van der Waals surface area (Å²) in [4.78, 5) is 12.0. The number of carbonyl (C=O) groups is 1. The van der Waals surface area contributed by atoms with Gasteiger partial charge < -0.3 is 15.4 Å². The molecule has 1 fully saturated rings. The van der Waals surface area contributed by atoms with Crippen molar-refractivity contribution < 1.29 is 9.53 Å². The highest BCUT2D eigenvalue weighted by Crippen LogP contribution is 2.16. The molecule has 0 aromatic carbocycles. The molecule has 0 spiro atoms. The van der Waals surface area contributed by atoms with Crippen molar-refractivity contribution in [1.29, 1.82) is 0 Å². The van der Waals surface area contributed by atoms with Gasteiger partial charge in [0, 0.05) is 25.8 Å². The molecule has 0 radical (unpaired) electrons. The second-order valence-electron chi connectivity index (χ2n) is 4.68. The Morgan fingerprint density at radius 3 is 3.00 bits per heavy atom. The maximum atomic E-state index is 12.0. The lowest BCUT2D eigenvalue weighted by Gasteiger charge is -2.30. The van der Waals surface area contributed by atoms with Crippen molar-refractivity contribution in [2.75, 3.05) is 20.3 Å². The lowest BCUT2D eigenvalue weighted by molar-refractivity contribution is -0.127. The fraction of sp³-hybridized carbons (Fsp3) is 0.917. The summed E-state index contributed by atoms with van der Waals surface area (Å²) in [5.41, 5.74) is 0. The van der Waals surface area contributed by atoms with Crippen LogP contribution in [0.3, 0.4) is 0 Å². The first-order valence-corrected chi connectivity index (χ1v) is 6.18. The second-order valence-corrected chi connectivity index (χ2v) is 4.68. The Balaban J connectivity index is 2.32. The summed E-state index contributed by atoms with van der Waals surface area (Å²) in [6.07, 6.45) is 2.96. The Morgan fingerprint density at radius 2 is 2.38 bits per heavy atom. The van der Waals surface area contributed by atoms with E-state index in [1.807, 2.05) is 6.92 Å². The molecule has 1 amide bonds. The van der Waals surface area contributed by atoms with E-state index in [1.54, 1.807) is 7.11 Å². The Kier molecular flexibility index (Phi) is 5.77. The predicted octanol–water partition coefficient (Wildman–Crippen LogP) is 0.916. The van der Waals surface area contributed by atoms with Gasteiger partial charge in [-0.3, -0.25) is 4.79 Å². The van der Waals surface area contributed by atoms with Gasteiger partial charge in [-0.1, -0.05) is 0 Å². The maximum absolute atomic E-state index is 12.0. The molecule has 1 heterocycles. The molecule has 1 aliphatic heterocycles. The van der Waals surface area contributed by atoms with Gasteiger partial charge in [0.25, 0.3) is 0 Å². The number of piperidine rings is 1. The van der Waals surface area contributed by atoms with Crippen LogP contribution >= 0.6 is 0 Å². The third-order valence-corrected chi connectivity index (χ3v) is 3.24. The van der Waals surface area contributed by atoms with Crippen molar-refractivity contribution in [1.82, 2.24) is 10.6 Å². The molecular weight excluding hydrogens is 204 g/mol. The van der Waals surface area contributed by atoms with E-state index in [4.69, 9.17) is 4.74 Å². The lowest BCUT2D eigenvalue weighted by Crippen LogP contribution is -2.48. The number of hydrogen-bond acceptors (Lipinski definition) is 3. The molecule has 1 rings (SSSR count). The molecule has 1 saturated heterocycles. The fourth-order valence-corrected chi connectivity index (χ4v) is 2.12. The molecular formula is C12H24N2O2. The number of nitrogens with one attached hydrogen (secondary N) is 2. The largest absolute Gasteiger partial charge is 0.385 e. The van der Waals surface area contributed by atoms with Crippen LogP contribution in [0.25, 0.3) is 0 Å². The van der Waals surface area contributed by atoms with E-state index in [2.05, 4.69) is 17.6 Å². The van der Waals surface area contributed by atoms with Crippen LogP contribution in [-0.2, 0) is 9.53 Å². The van der Waals surface area contributed by atoms with Gasteiger partial charge in [-0.2, -0.15) is 0 Å². The van der Waals surface area contributed by atoms with Crippen molar-refractivity contribution in [2.24, 2.45) is 5.92 Å². The molecule has 4 heteroatoms. The highest BCUT2D eigenvalue weighted by atomic mass is 16.5. The van der Waals surface area contributed by atoms with E-state index in [1.165, 1.54) is 0 Å². The van der Waals surface area contributed by atoms with Crippen LogP contribution < -0.4 is 10.6 Å². The van der Waals surface area contributed by atoms with Gasteiger partial charge in [-0.25, -0.2) is 0 Å². The summed E-state index contributed by atoms with van der Waals surface area (Å²) in [6.45, 7) is 5.84. The van der Waals surface area contributed by atoms with Crippen molar-refractivity contribution in [3.05, 3.63) is 0 Å². The molecule has 16 heavy (non-hydrogen) atoms. The SMILES string of the molecule is COCCC(C)NC(=O)C1CCCNC1C. The highest BCUT2D eigenvalue weighted by molar-refractivity contribution is 5.79. The van der Waals surface area contributed by atoms with Crippen LogP contribution in [0.2, 0.25) is 0 Å². The number of amides is 1. The molecule has 0 aliphatic carbocycles. The molecule has 0 aromatic heterocycles. The van der Waals surface area contributed by atoms with E-state index in [0.717, 1.165) is 25.8 Å². The Labute approximate surface area is 98.1 Å². The minimum atomic E-state index is 0.124. The smallest absolute Gasteiger partial charge is 0.224 e. The Morgan fingerprint density at radius 1 is 1.62 bits per heavy atom. The zero-order valence-corrected chi connectivity index (χ0v) is 10.6. The topological polar surface area (TPSA) is 50.4 Å². The molecule has 0 bridgehead atoms. The van der Waals surface area contributed by atoms with Crippen molar-refractivity contribution in [3.63, 3.8) is 0 Å². The van der Waals surface area contributed by atoms with Crippen LogP contribution in [-0.4, -0.2) is 38.3 Å². The van der Waals surface area contributed by atoms with Crippen LogP contribution in [0.5, 0.6) is 0 Å². The second kappa shape index (κ2) is 6.86. The Bertz CT molecular complexity index is 221. The average Bonchev–Trinajstić information content (AvgIpc) is 2.26. The van der Waals surface area contributed by atoms with Gasteiger partial charge in [-0.15, -0.1) is 0 Å². The number of rotatable bonds is 5. The summed E-state index contributed by atoms with van der Waals surface area (Å²) >= 11 is 0. The van der Waals surface area contributed by atoms with Crippen molar-refractivity contribution in [3.8, 4) is 0 Å². The summed E-state index contributed by atoms with van der Waals surface area (Å²) < 4.78 is 5.00. The standard InChI is InChI=1S/C12H24N2O2/c1-9(6-8-16-3)14-12(15)11-5-4-7-13-10(11)2/h9-11,13H,4-8H2,1-3H3,(H,14,15). The van der Waals surface area contributed by atoms with Crippen LogP contribution in [0.15, 0.2) is 0 Å². The first-order chi connectivity index (χ1) is 7.65. The first-order valence-electron chi connectivity index (χ1n) is 6.18. The van der Waals surface area contributed by atoms with E-state index >= 15 is 0 Å². The van der Waals surface area contributed by atoms with Crippen LogP contribution in [0.1, 0.15) is 33.1 Å². The third-order valence-electron chi connectivity index (χ3n) is 3.24. The van der Waals surface area contributed by atoms with Crippen molar-refractivity contribution >= 4 is 5.91 Å². The van der Waals surface area contributed by atoms with Gasteiger partial charge in [0.1, 0.15) is 0 Å². The number of ether oxygens (including phenoxy) is 1. The quantitative estimate of drug-likeness (QED) is 0.735. The zero-order chi connectivity index (χ0) is 12.0. The van der Waals surface area contributed by atoms with Crippen LogP contribution in [0.4, 0.5) is 0 Å². The molecule has 2 N–H and O–H groups in total. The van der Waals surface area contributed by atoms with Gasteiger partial charge in [-0.05, 0) is 39.7 Å². The summed E-state index contributed by atoms with van der Waals surface area (Å²) in [6, 6.07) is 0.491. The van der Waals surface area contributed by atoms with Crippen LogP contribution in [0, 0.1) is 5.92 Å². The summed E-state index contributed by atoms with van der Waals surface area (Å²) in [7, 11) is 1.68. The normalized spacial score (nSPS) is 27.4. The van der Waals surface area contributed by atoms with E-state index < -0.39 is 0 Å². The monoisotopic (exact) mass is 228 g/mol. The maximum Gasteiger partial charge on any atom is 0.224 e. The molecule has 3 unspecified atom stereocenters. The van der Waals surface area contributed by atoms with Crippen molar-refractivity contribution in [2.45, 2.75) is 45.2 Å². The Hall–Kier alpha value is -0.610. The van der Waals surface area contributed by atoms with E-state index in [0.29, 0.717) is 12.6 Å². The zero-order valence-electron chi connectivity index (χ0n) is 10.6. The molecule has 0 saturated carbocycles. The van der Waals surface area contributed by atoms with Gasteiger partial charge in [0.15, 0.2) is 0 Å². The number of carbonyl (C=O) groups excluding carboxylic acids is 1. The summed E-state index contributed by atoms with van der Waals surface area (Å²) in [5.74, 6) is 0.307.